The predicted octanol–water partition coefficient (Wildman–Crippen LogP) is 0.403. The van der Waals surface area contributed by atoms with Crippen molar-refractivity contribution >= 4 is 11.9 Å². The fraction of sp³-hybridized carbons (Fsp3) is 0.167. The molecule has 0 fully saturated rings. The fourth-order valence-corrected chi connectivity index (χ4v) is 1.63. The number of H-pyrrole nitrogens is 1. The summed E-state index contributed by atoms with van der Waals surface area (Å²) < 4.78 is 0. The van der Waals surface area contributed by atoms with Crippen molar-refractivity contribution in [1.82, 2.24) is 20.5 Å². The van der Waals surface area contributed by atoms with Gasteiger partial charge >= 0.3 is 5.97 Å². The Bertz CT molecular complexity index is 554. The number of aromatic amines is 1. The third-order valence-electron chi connectivity index (χ3n) is 2.60. The van der Waals surface area contributed by atoms with Crippen LogP contribution in [0, 0.1) is 0 Å². The van der Waals surface area contributed by atoms with E-state index in [0.717, 1.165) is 0 Å². The van der Waals surface area contributed by atoms with E-state index in [-0.39, 0.29) is 12.4 Å². The Morgan fingerprint density at radius 3 is 2.63 bits per heavy atom. The van der Waals surface area contributed by atoms with Crippen LogP contribution in [0.15, 0.2) is 36.7 Å². The Kier molecular flexibility index (Phi) is 3.87. The first-order valence-electron chi connectivity index (χ1n) is 5.60. The van der Waals surface area contributed by atoms with Crippen LogP contribution in [0.1, 0.15) is 22.1 Å². The molecule has 0 bridgehead atoms. The number of carbonyl (C=O) groups is 2. The molecule has 1 aromatic carbocycles. The Morgan fingerprint density at radius 2 is 2.05 bits per heavy atom. The first kappa shape index (κ1) is 12.7. The van der Waals surface area contributed by atoms with Gasteiger partial charge in [0.15, 0.2) is 0 Å². The molecule has 0 aliphatic rings. The minimum Gasteiger partial charge on any atom is -0.481 e. The summed E-state index contributed by atoms with van der Waals surface area (Å²) in [6.45, 7) is -0.0150. The Morgan fingerprint density at radius 1 is 1.32 bits per heavy atom. The normalized spacial score (nSPS) is 11.8. The van der Waals surface area contributed by atoms with Gasteiger partial charge in [0.25, 0.3) is 5.91 Å². The lowest BCUT2D eigenvalue weighted by Gasteiger charge is -2.13. The average molecular weight is 260 g/mol. The van der Waals surface area contributed by atoms with Gasteiger partial charge < -0.3 is 10.4 Å². The van der Waals surface area contributed by atoms with Crippen molar-refractivity contribution in [3.8, 4) is 0 Å². The Balaban J connectivity index is 2.03. The topological polar surface area (TPSA) is 108 Å². The van der Waals surface area contributed by atoms with Gasteiger partial charge in [-0.05, 0) is 5.56 Å². The zero-order chi connectivity index (χ0) is 13.7. The molecule has 0 saturated carbocycles. The number of hydrogen-bond acceptors (Lipinski definition) is 4. The van der Waals surface area contributed by atoms with E-state index in [1.807, 2.05) is 0 Å². The zero-order valence-electron chi connectivity index (χ0n) is 9.91. The summed E-state index contributed by atoms with van der Waals surface area (Å²) in [7, 11) is 0. The van der Waals surface area contributed by atoms with Crippen LogP contribution in [0.5, 0.6) is 0 Å². The number of hydrogen-bond donors (Lipinski definition) is 3. The second kappa shape index (κ2) is 5.76. The van der Waals surface area contributed by atoms with E-state index in [4.69, 9.17) is 0 Å². The molecule has 2 aromatic rings. The van der Waals surface area contributed by atoms with Crippen molar-refractivity contribution in [2.45, 2.75) is 5.92 Å². The van der Waals surface area contributed by atoms with Gasteiger partial charge in [-0.3, -0.25) is 14.7 Å². The highest BCUT2D eigenvalue weighted by Gasteiger charge is 2.21. The van der Waals surface area contributed by atoms with E-state index in [2.05, 4.69) is 20.5 Å². The highest BCUT2D eigenvalue weighted by atomic mass is 16.4. The molecule has 0 spiro atoms. The largest absolute Gasteiger partial charge is 0.481 e. The van der Waals surface area contributed by atoms with E-state index in [1.165, 1.54) is 6.33 Å². The lowest BCUT2D eigenvalue weighted by molar-refractivity contribution is -0.138. The molecule has 7 heteroatoms. The third kappa shape index (κ3) is 3.15. The average Bonchev–Trinajstić information content (AvgIpc) is 2.93. The van der Waals surface area contributed by atoms with Crippen LogP contribution in [-0.4, -0.2) is 38.7 Å². The Labute approximate surface area is 108 Å². The number of aromatic nitrogens is 3. The molecule has 98 valence electrons. The van der Waals surface area contributed by atoms with Crippen LogP contribution >= 0.6 is 0 Å². The van der Waals surface area contributed by atoms with E-state index < -0.39 is 17.8 Å². The number of benzene rings is 1. The maximum atomic E-state index is 11.6. The van der Waals surface area contributed by atoms with Gasteiger partial charge in [-0.15, -0.1) is 0 Å². The first-order valence-corrected chi connectivity index (χ1v) is 5.60. The van der Waals surface area contributed by atoms with E-state index >= 15 is 0 Å². The van der Waals surface area contributed by atoms with Crippen LogP contribution in [0.2, 0.25) is 0 Å². The number of carboxylic acids is 1. The molecular weight excluding hydrogens is 248 g/mol. The number of amides is 1. The summed E-state index contributed by atoms with van der Waals surface area (Å²) in [4.78, 5) is 26.5. The summed E-state index contributed by atoms with van der Waals surface area (Å²) in [5.74, 6) is -2.23. The van der Waals surface area contributed by atoms with Crippen molar-refractivity contribution < 1.29 is 14.7 Å². The molecule has 1 heterocycles. The summed E-state index contributed by atoms with van der Waals surface area (Å²) in [5.41, 5.74) is 0.632. The lowest BCUT2D eigenvalue weighted by Crippen LogP contribution is -2.32. The molecule has 0 radical (unpaired) electrons. The molecule has 1 aromatic heterocycles. The van der Waals surface area contributed by atoms with E-state index in [9.17, 15) is 14.7 Å². The van der Waals surface area contributed by atoms with E-state index in [1.54, 1.807) is 30.3 Å². The van der Waals surface area contributed by atoms with Crippen LogP contribution < -0.4 is 5.32 Å². The van der Waals surface area contributed by atoms with Gasteiger partial charge in [-0.1, -0.05) is 30.3 Å². The first-order chi connectivity index (χ1) is 9.18. The molecule has 0 aliphatic carbocycles. The number of nitrogens with one attached hydrogen (secondary N) is 2. The number of rotatable bonds is 5. The molecule has 2 rings (SSSR count). The molecule has 7 nitrogen and oxygen atoms in total. The third-order valence-corrected chi connectivity index (χ3v) is 2.60. The number of nitrogens with zero attached hydrogens (tertiary/aromatic N) is 2. The second-order valence-corrected chi connectivity index (χ2v) is 3.85. The van der Waals surface area contributed by atoms with Gasteiger partial charge in [-0.2, -0.15) is 5.10 Å². The molecule has 3 N–H and O–H groups in total. The van der Waals surface area contributed by atoms with Crippen LogP contribution in [-0.2, 0) is 4.79 Å². The van der Waals surface area contributed by atoms with E-state index in [0.29, 0.717) is 5.56 Å². The van der Waals surface area contributed by atoms with Gasteiger partial charge in [0.05, 0.1) is 5.92 Å². The smallest absolute Gasteiger partial charge is 0.312 e. The molecule has 1 unspecified atom stereocenters. The molecule has 1 amide bonds. The summed E-state index contributed by atoms with van der Waals surface area (Å²) in [5, 5.41) is 17.7. The number of aliphatic carboxylic acids is 1. The highest BCUT2D eigenvalue weighted by Crippen LogP contribution is 2.14. The van der Waals surface area contributed by atoms with Crippen LogP contribution in [0.25, 0.3) is 0 Å². The van der Waals surface area contributed by atoms with Crippen molar-refractivity contribution in [2.75, 3.05) is 6.54 Å². The molecule has 0 saturated heterocycles. The monoisotopic (exact) mass is 260 g/mol. The number of carbonyl (C=O) groups excluding carboxylic acids is 1. The Hall–Kier alpha value is -2.70. The predicted molar refractivity (Wildman–Crippen MR) is 65.5 cm³/mol. The minimum atomic E-state index is -0.996. The molecule has 19 heavy (non-hydrogen) atoms. The maximum absolute atomic E-state index is 11.6. The van der Waals surface area contributed by atoms with Gasteiger partial charge in [0.1, 0.15) is 6.33 Å². The maximum Gasteiger partial charge on any atom is 0.312 e. The van der Waals surface area contributed by atoms with Crippen LogP contribution in [0.4, 0.5) is 0 Å². The fourth-order valence-electron chi connectivity index (χ4n) is 1.63. The quantitative estimate of drug-likeness (QED) is 0.721. The standard InChI is InChI=1S/C12H12N4O3/c17-11(10-14-7-15-16-10)13-6-9(12(18)19)8-4-2-1-3-5-8/h1-5,7,9H,6H2,(H,13,17)(H,18,19)(H,14,15,16). The minimum absolute atomic E-state index is 0.0150. The second-order valence-electron chi connectivity index (χ2n) is 3.85. The van der Waals surface area contributed by atoms with Gasteiger partial charge in [0.2, 0.25) is 5.82 Å². The van der Waals surface area contributed by atoms with Crippen molar-refractivity contribution in [3.05, 3.63) is 48.0 Å². The van der Waals surface area contributed by atoms with Crippen molar-refractivity contribution in [3.63, 3.8) is 0 Å². The summed E-state index contributed by atoms with van der Waals surface area (Å²) in [6.07, 6.45) is 1.21. The highest BCUT2D eigenvalue weighted by molar-refractivity contribution is 5.90. The zero-order valence-corrected chi connectivity index (χ0v) is 9.91. The summed E-state index contributed by atoms with van der Waals surface area (Å²) in [6, 6.07) is 8.72. The van der Waals surface area contributed by atoms with Crippen molar-refractivity contribution in [1.29, 1.82) is 0 Å². The number of carboxylic acid groups (broad SMARTS) is 1. The molecular formula is C12H12N4O3. The molecule has 0 aliphatic heterocycles. The van der Waals surface area contributed by atoms with Gasteiger partial charge in [0, 0.05) is 6.54 Å². The van der Waals surface area contributed by atoms with Crippen LogP contribution in [0.3, 0.4) is 0 Å². The van der Waals surface area contributed by atoms with Gasteiger partial charge in [-0.25, -0.2) is 4.98 Å². The SMILES string of the molecule is O=C(NCC(C(=O)O)c1ccccc1)c1ncn[nH]1. The summed E-state index contributed by atoms with van der Waals surface area (Å²) >= 11 is 0. The van der Waals surface area contributed by atoms with Crippen molar-refractivity contribution in [2.24, 2.45) is 0 Å². The molecule has 1 atom stereocenters. The lowest BCUT2D eigenvalue weighted by atomic mass is 9.99.